The van der Waals surface area contributed by atoms with Crippen molar-refractivity contribution in [2.24, 2.45) is 0 Å². The van der Waals surface area contributed by atoms with Gasteiger partial charge < -0.3 is 10.1 Å². The maximum absolute atomic E-state index is 12.0. The Hall–Kier alpha value is -2.02. The molecule has 1 heterocycles. The molecule has 18 heavy (non-hydrogen) atoms. The van der Waals surface area contributed by atoms with Crippen LogP contribution in [-0.4, -0.2) is 26.4 Å². The third-order valence-electron chi connectivity index (χ3n) is 2.55. The Labute approximate surface area is 106 Å². The molecule has 94 valence electrons. The van der Waals surface area contributed by atoms with E-state index in [4.69, 9.17) is 5.11 Å². The molecule has 0 spiro atoms. The van der Waals surface area contributed by atoms with Gasteiger partial charge in [-0.2, -0.15) is 12.6 Å². The lowest BCUT2D eigenvalue weighted by atomic mass is 10.1. The molecule has 0 aliphatic carbocycles. The van der Waals surface area contributed by atoms with Crippen molar-refractivity contribution >= 4 is 29.5 Å². The van der Waals surface area contributed by atoms with E-state index in [9.17, 15) is 14.4 Å². The summed E-state index contributed by atoms with van der Waals surface area (Å²) in [5.74, 6) is -0.751. The lowest BCUT2D eigenvalue weighted by molar-refractivity contribution is 0.0697. The molecule has 0 amide bonds. The molecule has 7 heteroatoms. The predicted molar refractivity (Wildman–Crippen MR) is 69.6 cm³/mol. The first-order valence-electron chi connectivity index (χ1n) is 5.15. The van der Waals surface area contributed by atoms with E-state index in [1.165, 1.54) is 18.2 Å². The number of carboxylic acids is 1. The number of carboxylic acid groups (broad SMARTS) is 1. The van der Waals surface area contributed by atoms with Crippen molar-refractivity contribution in [3.05, 3.63) is 44.6 Å². The molecule has 2 rings (SSSR count). The largest absolute Gasteiger partial charge is 0.478 e. The first-order valence-corrected chi connectivity index (χ1v) is 5.79. The summed E-state index contributed by atoms with van der Waals surface area (Å²) in [6.45, 7) is 0.202. The number of carbonyl (C=O) groups is 1. The molecule has 0 fully saturated rings. The monoisotopic (exact) mass is 266 g/mol. The van der Waals surface area contributed by atoms with Gasteiger partial charge in [0.25, 0.3) is 5.56 Å². The highest BCUT2D eigenvalue weighted by molar-refractivity contribution is 7.80. The van der Waals surface area contributed by atoms with E-state index in [0.717, 1.165) is 4.57 Å². The van der Waals surface area contributed by atoms with Gasteiger partial charge >= 0.3 is 11.7 Å². The van der Waals surface area contributed by atoms with Gasteiger partial charge in [-0.25, -0.2) is 9.59 Å². The van der Waals surface area contributed by atoms with E-state index in [-0.39, 0.29) is 23.0 Å². The zero-order chi connectivity index (χ0) is 13.3. The van der Waals surface area contributed by atoms with Gasteiger partial charge in [0.2, 0.25) is 0 Å². The lowest BCUT2D eigenvalue weighted by Gasteiger charge is -2.05. The molecule has 0 saturated carbocycles. The standard InChI is InChI=1S/C11H10N2O4S/c14-9-7-2-1-6(10(15)16)5-8(7)12-11(17)13(9)3-4-18/h1-2,5,18H,3-4H2,(H,12,17)(H,15,16). The second-order valence-electron chi connectivity index (χ2n) is 3.68. The van der Waals surface area contributed by atoms with Crippen molar-refractivity contribution < 1.29 is 9.90 Å². The SMILES string of the molecule is O=C(O)c1ccc2c(=O)n(CCS)c(=O)[nH]c2c1. The van der Waals surface area contributed by atoms with Crippen LogP contribution in [0.3, 0.4) is 0 Å². The van der Waals surface area contributed by atoms with Crippen LogP contribution in [0.5, 0.6) is 0 Å². The van der Waals surface area contributed by atoms with Crippen molar-refractivity contribution in [3.63, 3.8) is 0 Å². The number of thiol groups is 1. The van der Waals surface area contributed by atoms with Gasteiger partial charge in [0, 0.05) is 12.3 Å². The zero-order valence-electron chi connectivity index (χ0n) is 9.21. The average Bonchev–Trinajstić information content (AvgIpc) is 2.33. The van der Waals surface area contributed by atoms with E-state index in [2.05, 4.69) is 17.6 Å². The number of nitrogens with one attached hydrogen (secondary N) is 1. The maximum Gasteiger partial charge on any atom is 0.335 e. The topological polar surface area (TPSA) is 92.2 Å². The summed E-state index contributed by atoms with van der Waals surface area (Å²) in [6.07, 6.45) is 0. The molecule has 0 unspecified atom stereocenters. The van der Waals surface area contributed by atoms with Crippen molar-refractivity contribution in [1.82, 2.24) is 9.55 Å². The molecule has 0 bridgehead atoms. The van der Waals surface area contributed by atoms with E-state index in [1.807, 2.05) is 0 Å². The Morgan fingerprint density at radius 3 is 2.72 bits per heavy atom. The fourth-order valence-corrected chi connectivity index (χ4v) is 1.89. The molecular formula is C11H10N2O4S. The molecule has 0 atom stereocenters. The number of aromatic amines is 1. The Kier molecular flexibility index (Phi) is 3.24. The number of H-pyrrole nitrogens is 1. The minimum Gasteiger partial charge on any atom is -0.478 e. The second-order valence-corrected chi connectivity index (χ2v) is 4.12. The van der Waals surface area contributed by atoms with Crippen LogP contribution >= 0.6 is 12.6 Å². The Balaban J connectivity index is 2.78. The number of aromatic carboxylic acids is 1. The van der Waals surface area contributed by atoms with Crippen LogP contribution in [0.25, 0.3) is 10.9 Å². The first-order chi connectivity index (χ1) is 8.54. The number of nitrogens with zero attached hydrogens (tertiary/aromatic N) is 1. The highest BCUT2D eigenvalue weighted by Crippen LogP contribution is 2.08. The molecule has 0 saturated heterocycles. The lowest BCUT2D eigenvalue weighted by Crippen LogP contribution is -2.35. The minimum absolute atomic E-state index is 0.0181. The highest BCUT2D eigenvalue weighted by Gasteiger charge is 2.09. The van der Waals surface area contributed by atoms with Gasteiger partial charge in [-0.3, -0.25) is 9.36 Å². The molecule has 2 aromatic rings. The molecule has 1 aromatic heterocycles. The Morgan fingerprint density at radius 2 is 2.11 bits per heavy atom. The molecule has 0 aliphatic rings. The van der Waals surface area contributed by atoms with E-state index < -0.39 is 17.2 Å². The fraction of sp³-hybridized carbons (Fsp3) is 0.182. The normalized spacial score (nSPS) is 10.7. The molecule has 1 aromatic carbocycles. The summed E-state index contributed by atoms with van der Waals surface area (Å²) in [5, 5.41) is 9.12. The van der Waals surface area contributed by atoms with Gasteiger partial charge in [-0.15, -0.1) is 0 Å². The second kappa shape index (κ2) is 4.69. The van der Waals surface area contributed by atoms with Crippen molar-refractivity contribution in [2.45, 2.75) is 6.54 Å². The Morgan fingerprint density at radius 1 is 1.39 bits per heavy atom. The smallest absolute Gasteiger partial charge is 0.335 e. The third-order valence-corrected chi connectivity index (χ3v) is 2.75. The summed E-state index contributed by atoms with van der Waals surface area (Å²) >= 11 is 3.97. The van der Waals surface area contributed by atoms with Crippen molar-refractivity contribution in [3.8, 4) is 0 Å². The number of hydrogen-bond acceptors (Lipinski definition) is 4. The fourth-order valence-electron chi connectivity index (χ4n) is 1.69. The third kappa shape index (κ3) is 2.04. The van der Waals surface area contributed by atoms with E-state index >= 15 is 0 Å². The van der Waals surface area contributed by atoms with Gasteiger partial charge in [0.05, 0.1) is 16.5 Å². The van der Waals surface area contributed by atoms with Crippen molar-refractivity contribution in [1.29, 1.82) is 0 Å². The summed E-state index contributed by atoms with van der Waals surface area (Å²) in [5.41, 5.74) is -0.770. The van der Waals surface area contributed by atoms with Gasteiger partial charge in [-0.1, -0.05) is 0 Å². The number of rotatable bonds is 3. The van der Waals surface area contributed by atoms with Crippen molar-refractivity contribution in [2.75, 3.05) is 5.75 Å². The molecule has 6 nitrogen and oxygen atoms in total. The van der Waals surface area contributed by atoms with E-state index in [1.54, 1.807) is 0 Å². The van der Waals surface area contributed by atoms with Gasteiger partial charge in [0.1, 0.15) is 0 Å². The molecule has 2 N–H and O–H groups in total. The Bertz CT molecular complexity index is 732. The van der Waals surface area contributed by atoms with Crippen LogP contribution in [-0.2, 0) is 6.54 Å². The number of fused-ring (bicyclic) bond motifs is 1. The number of aromatic nitrogens is 2. The van der Waals surface area contributed by atoms with Crippen LogP contribution in [0.15, 0.2) is 27.8 Å². The first kappa shape index (κ1) is 12.4. The van der Waals surface area contributed by atoms with Gasteiger partial charge in [-0.05, 0) is 18.2 Å². The van der Waals surface area contributed by atoms with E-state index in [0.29, 0.717) is 5.75 Å². The summed E-state index contributed by atoms with van der Waals surface area (Å²) in [7, 11) is 0. The maximum atomic E-state index is 12.0. The quantitative estimate of drug-likeness (QED) is 0.697. The van der Waals surface area contributed by atoms with Crippen LogP contribution in [0.2, 0.25) is 0 Å². The number of benzene rings is 1. The van der Waals surface area contributed by atoms with Crippen LogP contribution in [0.4, 0.5) is 0 Å². The van der Waals surface area contributed by atoms with Crippen LogP contribution in [0, 0.1) is 0 Å². The summed E-state index contributed by atoms with van der Waals surface area (Å²) in [6, 6.07) is 3.99. The average molecular weight is 266 g/mol. The molecular weight excluding hydrogens is 256 g/mol. The van der Waals surface area contributed by atoms with Gasteiger partial charge in [0.15, 0.2) is 0 Å². The predicted octanol–water partition coefficient (Wildman–Crippen LogP) is 0.318. The highest BCUT2D eigenvalue weighted by atomic mass is 32.1. The number of hydrogen-bond donors (Lipinski definition) is 3. The van der Waals surface area contributed by atoms with Crippen LogP contribution < -0.4 is 11.2 Å². The summed E-state index contributed by atoms with van der Waals surface area (Å²) in [4.78, 5) is 36.9. The minimum atomic E-state index is -1.11. The summed E-state index contributed by atoms with van der Waals surface area (Å²) < 4.78 is 1.04. The molecule has 0 radical (unpaired) electrons. The molecule has 0 aliphatic heterocycles. The zero-order valence-corrected chi connectivity index (χ0v) is 10.1. The van der Waals surface area contributed by atoms with Crippen LogP contribution in [0.1, 0.15) is 10.4 Å².